The third-order valence-corrected chi connectivity index (χ3v) is 2.45. The lowest BCUT2D eigenvalue weighted by Gasteiger charge is -2.15. The van der Waals surface area contributed by atoms with Gasteiger partial charge in [-0.05, 0) is 19.1 Å². The summed E-state index contributed by atoms with van der Waals surface area (Å²) in [7, 11) is 1.59. The molecule has 0 heterocycles. The number of halogens is 1. The Morgan fingerprint density at radius 1 is 1.59 bits per heavy atom. The van der Waals surface area contributed by atoms with Crippen LogP contribution in [0.3, 0.4) is 0 Å². The molecule has 1 rings (SSSR count). The molecule has 0 atom stereocenters. The van der Waals surface area contributed by atoms with Crippen LogP contribution in [0.2, 0.25) is 5.02 Å². The van der Waals surface area contributed by atoms with Crippen molar-refractivity contribution in [1.82, 2.24) is 4.90 Å². The Bertz CT molecular complexity index is 450. The topological polar surface area (TPSA) is 75.5 Å². The Hall–Kier alpha value is -1.82. The first-order valence-corrected chi connectivity index (χ1v) is 5.29. The van der Waals surface area contributed by atoms with Gasteiger partial charge in [0.1, 0.15) is 5.69 Å². The Kier molecular flexibility index (Phi) is 4.28. The van der Waals surface area contributed by atoms with E-state index in [0.29, 0.717) is 11.6 Å². The van der Waals surface area contributed by atoms with Crippen LogP contribution in [0.1, 0.15) is 6.92 Å². The fraction of sp³-hybridized carbons (Fsp3) is 0.300. The van der Waals surface area contributed by atoms with Crippen LogP contribution in [0.4, 0.5) is 16.2 Å². The molecule has 1 aromatic rings. The number of nitro groups is 1. The van der Waals surface area contributed by atoms with Gasteiger partial charge in [-0.2, -0.15) is 0 Å². The fourth-order valence-corrected chi connectivity index (χ4v) is 1.29. The van der Waals surface area contributed by atoms with Gasteiger partial charge in [0.15, 0.2) is 0 Å². The predicted molar refractivity (Wildman–Crippen MR) is 65.4 cm³/mol. The lowest BCUT2D eigenvalue weighted by molar-refractivity contribution is -0.383. The Balaban J connectivity index is 3.00. The molecule has 0 aliphatic rings. The normalized spacial score (nSPS) is 9.82. The number of nitrogens with zero attached hydrogens (tertiary/aromatic N) is 2. The minimum absolute atomic E-state index is 0.0906. The number of benzene rings is 1. The van der Waals surface area contributed by atoms with E-state index in [2.05, 4.69) is 5.32 Å². The summed E-state index contributed by atoms with van der Waals surface area (Å²) in [5.41, 5.74) is -0.0972. The molecule has 0 bridgehead atoms. The van der Waals surface area contributed by atoms with Gasteiger partial charge < -0.3 is 10.2 Å². The molecule has 0 radical (unpaired) electrons. The van der Waals surface area contributed by atoms with Crippen molar-refractivity contribution in [3.8, 4) is 0 Å². The van der Waals surface area contributed by atoms with Crippen LogP contribution in [0, 0.1) is 10.1 Å². The van der Waals surface area contributed by atoms with Crippen LogP contribution < -0.4 is 5.32 Å². The fourth-order valence-electron chi connectivity index (χ4n) is 1.12. The number of amides is 2. The van der Waals surface area contributed by atoms with Gasteiger partial charge >= 0.3 is 6.03 Å². The summed E-state index contributed by atoms with van der Waals surface area (Å²) in [6.45, 7) is 2.30. The Labute approximate surface area is 103 Å². The van der Waals surface area contributed by atoms with Crippen LogP contribution in [0.25, 0.3) is 0 Å². The van der Waals surface area contributed by atoms with Crippen molar-refractivity contribution in [3.05, 3.63) is 33.3 Å². The van der Waals surface area contributed by atoms with Crippen LogP contribution in [0.15, 0.2) is 18.2 Å². The van der Waals surface area contributed by atoms with E-state index >= 15 is 0 Å². The quantitative estimate of drug-likeness (QED) is 0.668. The first kappa shape index (κ1) is 13.2. The van der Waals surface area contributed by atoms with Gasteiger partial charge in [0.2, 0.25) is 0 Å². The van der Waals surface area contributed by atoms with E-state index in [1.165, 1.54) is 23.1 Å². The highest BCUT2D eigenvalue weighted by molar-refractivity contribution is 6.31. The third-order valence-electron chi connectivity index (χ3n) is 2.22. The second-order valence-corrected chi connectivity index (χ2v) is 3.80. The molecule has 6 nitrogen and oxygen atoms in total. The zero-order chi connectivity index (χ0) is 13.0. The Morgan fingerprint density at radius 3 is 2.76 bits per heavy atom. The van der Waals surface area contributed by atoms with Crippen LogP contribution in [0.5, 0.6) is 0 Å². The van der Waals surface area contributed by atoms with Gasteiger partial charge in [0.25, 0.3) is 5.69 Å². The molecule has 0 aliphatic carbocycles. The Morgan fingerprint density at radius 2 is 2.24 bits per heavy atom. The third kappa shape index (κ3) is 3.32. The van der Waals surface area contributed by atoms with Crippen LogP contribution in [-0.2, 0) is 0 Å². The minimum atomic E-state index is -0.572. The SMILES string of the molecule is CCN(C)C(=O)Nc1cc(Cl)ccc1[N+](=O)[O-]. The van der Waals surface area contributed by atoms with Crippen molar-refractivity contribution in [2.75, 3.05) is 18.9 Å². The number of urea groups is 1. The highest BCUT2D eigenvalue weighted by Crippen LogP contribution is 2.27. The molecule has 1 aromatic carbocycles. The number of anilines is 1. The predicted octanol–water partition coefficient (Wildman–Crippen LogP) is 2.73. The molecule has 7 heteroatoms. The summed E-state index contributed by atoms with van der Waals surface area (Å²) in [5.74, 6) is 0. The van der Waals surface area contributed by atoms with Crippen molar-refractivity contribution in [2.45, 2.75) is 6.92 Å². The number of hydrogen-bond acceptors (Lipinski definition) is 3. The summed E-state index contributed by atoms with van der Waals surface area (Å²) < 4.78 is 0. The molecule has 0 spiro atoms. The van der Waals surface area contributed by atoms with E-state index in [-0.39, 0.29) is 11.4 Å². The standard InChI is InChI=1S/C10H12ClN3O3/c1-3-13(2)10(15)12-8-6-7(11)4-5-9(8)14(16)17/h4-6H,3H2,1-2H3,(H,12,15). The number of carbonyl (C=O) groups is 1. The number of carbonyl (C=O) groups excluding carboxylic acids is 1. The molecule has 0 saturated carbocycles. The monoisotopic (exact) mass is 257 g/mol. The summed E-state index contributed by atoms with van der Waals surface area (Å²) >= 11 is 5.73. The van der Waals surface area contributed by atoms with E-state index in [9.17, 15) is 14.9 Å². The molecule has 1 N–H and O–H groups in total. The largest absolute Gasteiger partial charge is 0.328 e. The molecule has 92 valence electrons. The minimum Gasteiger partial charge on any atom is -0.328 e. The molecule has 0 aromatic heterocycles. The van der Waals surface area contributed by atoms with Crippen molar-refractivity contribution in [3.63, 3.8) is 0 Å². The zero-order valence-corrected chi connectivity index (χ0v) is 10.2. The summed E-state index contributed by atoms with van der Waals surface area (Å²) in [6.07, 6.45) is 0. The average Bonchev–Trinajstić information content (AvgIpc) is 2.27. The average molecular weight is 258 g/mol. The molecular formula is C10H12ClN3O3. The summed E-state index contributed by atoms with van der Waals surface area (Å²) in [5, 5.41) is 13.5. The molecular weight excluding hydrogens is 246 g/mol. The van der Waals surface area contributed by atoms with Gasteiger partial charge in [-0.25, -0.2) is 4.79 Å². The molecule has 17 heavy (non-hydrogen) atoms. The van der Waals surface area contributed by atoms with Crippen LogP contribution >= 0.6 is 11.6 Å². The van der Waals surface area contributed by atoms with Gasteiger partial charge in [0, 0.05) is 24.7 Å². The van der Waals surface area contributed by atoms with Crippen LogP contribution in [-0.4, -0.2) is 29.4 Å². The van der Waals surface area contributed by atoms with E-state index in [0.717, 1.165) is 0 Å². The summed E-state index contributed by atoms with van der Waals surface area (Å²) in [6, 6.07) is 3.59. The molecule has 0 fully saturated rings. The van der Waals surface area contributed by atoms with Gasteiger partial charge in [-0.3, -0.25) is 10.1 Å². The summed E-state index contributed by atoms with van der Waals surface area (Å²) in [4.78, 5) is 23.2. The number of nitrogens with one attached hydrogen (secondary N) is 1. The highest BCUT2D eigenvalue weighted by atomic mass is 35.5. The maximum Gasteiger partial charge on any atom is 0.321 e. The second kappa shape index (κ2) is 5.49. The second-order valence-electron chi connectivity index (χ2n) is 3.36. The first-order valence-electron chi connectivity index (χ1n) is 4.91. The van der Waals surface area contributed by atoms with Crippen molar-refractivity contribution in [1.29, 1.82) is 0 Å². The first-order chi connectivity index (χ1) is 7.95. The molecule has 0 unspecified atom stereocenters. The molecule has 2 amide bonds. The van der Waals surface area contributed by atoms with E-state index in [1.54, 1.807) is 14.0 Å². The van der Waals surface area contributed by atoms with Crippen molar-refractivity contribution >= 4 is 29.0 Å². The lowest BCUT2D eigenvalue weighted by atomic mass is 10.2. The van der Waals surface area contributed by atoms with Gasteiger partial charge in [-0.1, -0.05) is 11.6 Å². The van der Waals surface area contributed by atoms with Gasteiger partial charge in [-0.15, -0.1) is 0 Å². The maximum atomic E-state index is 11.6. The van der Waals surface area contributed by atoms with E-state index < -0.39 is 11.0 Å². The molecule has 0 saturated heterocycles. The number of nitro benzene ring substituents is 1. The van der Waals surface area contributed by atoms with Crippen molar-refractivity contribution in [2.24, 2.45) is 0 Å². The van der Waals surface area contributed by atoms with Crippen molar-refractivity contribution < 1.29 is 9.72 Å². The highest BCUT2D eigenvalue weighted by Gasteiger charge is 2.17. The zero-order valence-electron chi connectivity index (χ0n) is 9.44. The smallest absolute Gasteiger partial charge is 0.321 e. The number of rotatable bonds is 3. The maximum absolute atomic E-state index is 11.6. The van der Waals surface area contributed by atoms with Gasteiger partial charge in [0.05, 0.1) is 4.92 Å². The van der Waals surface area contributed by atoms with E-state index in [1.807, 2.05) is 0 Å². The number of hydrogen-bond donors (Lipinski definition) is 1. The lowest BCUT2D eigenvalue weighted by Crippen LogP contribution is -2.31. The molecule has 0 aliphatic heterocycles. The van der Waals surface area contributed by atoms with E-state index in [4.69, 9.17) is 11.6 Å².